The van der Waals surface area contributed by atoms with Gasteiger partial charge < -0.3 is 15.4 Å². The van der Waals surface area contributed by atoms with E-state index >= 15 is 0 Å². The Balaban J connectivity index is 0.00000261. The van der Waals surface area contributed by atoms with Gasteiger partial charge in [-0.3, -0.25) is 4.99 Å². The van der Waals surface area contributed by atoms with Gasteiger partial charge in [0.15, 0.2) is 5.96 Å². The van der Waals surface area contributed by atoms with Crippen LogP contribution in [-0.4, -0.2) is 42.8 Å². The monoisotopic (exact) mass is 506 g/mol. The molecule has 2 fully saturated rings. The molecule has 27 heavy (non-hydrogen) atoms. The summed E-state index contributed by atoms with van der Waals surface area (Å²) in [5.74, 6) is 1.53. The van der Waals surface area contributed by atoms with Gasteiger partial charge in [0.25, 0.3) is 0 Å². The van der Waals surface area contributed by atoms with Gasteiger partial charge in [-0.1, -0.05) is 34.6 Å². The third kappa shape index (κ3) is 4.96. The molecule has 1 aliphatic carbocycles. The van der Waals surface area contributed by atoms with Gasteiger partial charge in [0, 0.05) is 54.3 Å². The van der Waals surface area contributed by atoms with E-state index in [4.69, 9.17) is 14.7 Å². The SMILES string of the molecule is CCNC(=NCCc1nc(C(C)(C)C)cs1)NC1C2CCOC2C1(C)C.I. The lowest BCUT2D eigenvalue weighted by atomic mass is 9.57. The topological polar surface area (TPSA) is 58.5 Å². The number of nitrogens with zero attached hydrogens (tertiary/aromatic N) is 2. The zero-order valence-corrected chi connectivity index (χ0v) is 20.6. The standard InChI is InChI=1S/C20H34N4OS.HI/c1-7-21-18(24-16-13-9-11-25-17(13)20(16,5)6)22-10-8-15-23-14(12-26-15)19(2,3)4;/h12-13,16-17H,7-11H2,1-6H3,(H2,21,22,24);1H. The molecule has 1 aliphatic heterocycles. The molecule has 2 N–H and O–H groups in total. The second-order valence-electron chi connectivity index (χ2n) is 9.07. The van der Waals surface area contributed by atoms with Crippen molar-refractivity contribution < 1.29 is 4.74 Å². The molecule has 1 saturated heterocycles. The van der Waals surface area contributed by atoms with Crippen molar-refractivity contribution in [2.45, 2.75) is 71.9 Å². The van der Waals surface area contributed by atoms with E-state index in [1.807, 2.05) is 0 Å². The fourth-order valence-corrected chi connectivity index (χ4v) is 5.13. The summed E-state index contributed by atoms with van der Waals surface area (Å²) >= 11 is 1.75. The molecule has 3 atom stereocenters. The molecule has 2 heterocycles. The third-order valence-corrected chi connectivity index (χ3v) is 6.56. The zero-order chi connectivity index (χ0) is 18.9. The number of hydrogen-bond donors (Lipinski definition) is 2. The quantitative estimate of drug-likeness (QED) is 0.361. The van der Waals surface area contributed by atoms with Crippen LogP contribution < -0.4 is 10.6 Å². The number of ether oxygens (including phenoxy) is 1. The summed E-state index contributed by atoms with van der Waals surface area (Å²) in [6.45, 7) is 15.8. The largest absolute Gasteiger partial charge is 0.377 e. The highest BCUT2D eigenvalue weighted by Crippen LogP contribution is 2.52. The average Bonchev–Trinajstić information content (AvgIpc) is 3.20. The maximum Gasteiger partial charge on any atom is 0.191 e. The van der Waals surface area contributed by atoms with Crippen molar-refractivity contribution in [3.05, 3.63) is 16.1 Å². The first-order chi connectivity index (χ1) is 12.2. The molecular weight excluding hydrogens is 471 g/mol. The molecule has 7 heteroatoms. The molecule has 0 aromatic carbocycles. The highest BCUT2D eigenvalue weighted by molar-refractivity contribution is 14.0. The second-order valence-corrected chi connectivity index (χ2v) is 10.0. The lowest BCUT2D eigenvalue weighted by Gasteiger charge is -2.54. The van der Waals surface area contributed by atoms with Gasteiger partial charge in [-0.25, -0.2) is 4.98 Å². The van der Waals surface area contributed by atoms with Crippen molar-refractivity contribution in [3.8, 4) is 0 Å². The summed E-state index contributed by atoms with van der Waals surface area (Å²) in [4.78, 5) is 9.57. The average molecular weight is 506 g/mol. The van der Waals surface area contributed by atoms with Crippen LogP contribution in [0.5, 0.6) is 0 Å². The number of fused-ring (bicyclic) bond motifs is 1. The minimum absolute atomic E-state index is 0. The van der Waals surface area contributed by atoms with Crippen LogP contribution in [0.4, 0.5) is 0 Å². The molecule has 154 valence electrons. The second kappa shape index (κ2) is 8.95. The van der Waals surface area contributed by atoms with Crippen molar-refractivity contribution in [2.24, 2.45) is 16.3 Å². The Morgan fingerprint density at radius 2 is 2.15 bits per heavy atom. The van der Waals surface area contributed by atoms with Crippen molar-refractivity contribution in [1.82, 2.24) is 15.6 Å². The summed E-state index contributed by atoms with van der Waals surface area (Å²) in [7, 11) is 0. The molecule has 5 nitrogen and oxygen atoms in total. The first kappa shape index (κ1) is 22.9. The van der Waals surface area contributed by atoms with E-state index < -0.39 is 0 Å². The predicted octanol–water partition coefficient (Wildman–Crippen LogP) is 3.97. The molecule has 0 bridgehead atoms. The lowest BCUT2D eigenvalue weighted by Crippen LogP contribution is -2.68. The molecule has 0 radical (unpaired) electrons. The Bertz CT molecular complexity index is 653. The van der Waals surface area contributed by atoms with E-state index in [2.05, 4.69) is 57.6 Å². The lowest BCUT2D eigenvalue weighted by molar-refractivity contribution is -0.106. The highest BCUT2D eigenvalue weighted by atomic mass is 127. The number of rotatable bonds is 5. The minimum atomic E-state index is 0. The summed E-state index contributed by atoms with van der Waals surface area (Å²) in [6.07, 6.45) is 2.44. The van der Waals surface area contributed by atoms with Crippen LogP contribution in [0.1, 0.15) is 58.7 Å². The van der Waals surface area contributed by atoms with Crippen LogP contribution in [0.25, 0.3) is 0 Å². The van der Waals surface area contributed by atoms with E-state index in [-0.39, 0.29) is 34.8 Å². The van der Waals surface area contributed by atoms with E-state index in [0.29, 0.717) is 18.1 Å². The fraction of sp³-hybridized carbons (Fsp3) is 0.800. The van der Waals surface area contributed by atoms with Crippen molar-refractivity contribution in [2.75, 3.05) is 19.7 Å². The first-order valence-corrected chi connectivity index (χ1v) is 10.7. The Labute approximate surface area is 185 Å². The fourth-order valence-electron chi connectivity index (χ4n) is 4.12. The van der Waals surface area contributed by atoms with Crippen LogP contribution in [-0.2, 0) is 16.6 Å². The van der Waals surface area contributed by atoms with E-state index in [0.717, 1.165) is 38.5 Å². The summed E-state index contributed by atoms with van der Waals surface area (Å²) in [5.41, 5.74) is 1.45. The normalized spacial score (nSPS) is 26.7. The Kier molecular flexibility index (Phi) is 7.58. The zero-order valence-electron chi connectivity index (χ0n) is 17.5. The van der Waals surface area contributed by atoms with E-state index in [1.54, 1.807) is 11.3 Å². The first-order valence-electron chi connectivity index (χ1n) is 9.85. The summed E-state index contributed by atoms with van der Waals surface area (Å²) in [5, 5.41) is 10.4. The molecule has 1 saturated carbocycles. The molecule has 0 spiro atoms. The van der Waals surface area contributed by atoms with Gasteiger partial charge in [-0.2, -0.15) is 0 Å². The molecule has 3 rings (SSSR count). The number of aliphatic imine (C=N–C) groups is 1. The molecule has 2 aliphatic rings. The predicted molar refractivity (Wildman–Crippen MR) is 124 cm³/mol. The number of hydrogen-bond acceptors (Lipinski definition) is 4. The Hall–Kier alpha value is -0.410. The van der Waals surface area contributed by atoms with Crippen LogP contribution in [0, 0.1) is 11.3 Å². The summed E-state index contributed by atoms with van der Waals surface area (Å²) in [6, 6.07) is 0.431. The van der Waals surface area contributed by atoms with Crippen molar-refractivity contribution >= 4 is 41.3 Å². The maximum absolute atomic E-state index is 5.90. The molecular formula is C20H35IN4OS. The number of guanidine groups is 1. The number of halogens is 1. The van der Waals surface area contributed by atoms with E-state index in [9.17, 15) is 0 Å². The maximum atomic E-state index is 5.90. The Morgan fingerprint density at radius 1 is 1.41 bits per heavy atom. The third-order valence-electron chi connectivity index (χ3n) is 5.65. The van der Waals surface area contributed by atoms with Gasteiger partial charge in [0.05, 0.1) is 16.8 Å². The van der Waals surface area contributed by atoms with Crippen LogP contribution >= 0.6 is 35.3 Å². The summed E-state index contributed by atoms with van der Waals surface area (Å²) < 4.78 is 5.90. The van der Waals surface area contributed by atoms with Crippen LogP contribution in [0.3, 0.4) is 0 Å². The number of thiazole rings is 1. The van der Waals surface area contributed by atoms with E-state index in [1.165, 1.54) is 10.7 Å². The van der Waals surface area contributed by atoms with Crippen molar-refractivity contribution in [1.29, 1.82) is 0 Å². The van der Waals surface area contributed by atoms with Gasteiger partial charge in [0.2, 0.25) is 0 Å². The molecule has 3 unspecified atom stereocenters. The molecule has 1 aromatic rings. The van der Waals surface area contributed by atoms with Crippen molar-refractivity contribution in [3.63, 3.8) is 0 Å². The molecule has 1 aromatic heterocycles. The van der Waals surface area contributed by atoms with Crippen LogP contribution in [0.2, 0.25) is 0 Å². The number of aromatic nitrogens is 1. The van der Waals surface area contributed by atoms with Gasteiger partial charge >= 0.3 is 0 Å². The minimum Gasteiger partial charge on any atom is -0.377 e. The van der Waals surface area contributed by atoms with Gasteiger partial charge in [0.1, 0.15) is 0 Å². The number of nitrogens with one attached hydrogen (secondary N) is 2. The van der Waals surface area contributed by atoms with Crippen LogP contribution in [0.15, 0.2) is 10.4 Å². The Morgan fingerprint density at radius 3 is 2.78 bits per heavy atom. The van der Waals surface area contributed by atoms with Gasteiger partial charge in [-0.15, -0.1) is 35.3 Å². The van der Waals surface area contributed by atoms with Gasteiger partial charge in [-0.05, 0) is 13.3 Å². The highest BCUT2D eigenvalue weighted by Gasteiger charge is 2.59. The molecule has 0 amide bonds. The smallest absolute Gasteiger partial charge is 0.191 e.